The number of hydrogen-bond acceptors (Lipinski definition) is 2. The lowest BCUT2D eigenvalue weighted by atomic mass is 10.0. The van der Waals surface area contributed by atoms with E-state index in [0.29, 0.717) is 6.61 Å². The Bertz CT molecular complexity index is 290. The molecule has 15 heavy (non-hydrogen) atoms. The molecule has 0 radical (unpaired) electrons. The van der Waals surface area contributed by atoms with Crippen molar-refractivity contribution < 1.29 is 9.53 Å². The third-order valence-electron chi connectivity index (χ3n) is 2.36. The number of aryl methyl sites for hydroxylation is 1. The summed E-state index contributed by atoms with van der Waals surface area (Å²) in [5.41, 5.74) is 1.26. The number of benzene rings is 1. The van der Waals surface area contributed by atoms with Crippen LogP contribution in [0.1, 0.15) is 25.8 Å². The molecule has 0 unspecified atom stereocenters. The van der Waals surface area contributed by atoms with Gasteiger partial charge in [0.2, 0.25) is 0 Å². The summed E-state index contributed by atoms with van der Waals surface area (Å²) in [4.78, 5) is 10.4. The van der Waals surface area contributed by atoms with Crippen LogP contribution in [0.15, 0.2) is 24.3 Å². The van der Waals surface area contributed by atoms with Gasteiger partial charge in [-0.3, -0.25) is 0 Å². The van der Waals surface area contributed by atoms with Crippen molar-refractivity contribution in [1.29, 1.82) is 0 Å². The topological polar surface area (TPSA) is 26.3 Å². The predicted octanol–water partition coefficient (Wildman–Crippen LogP) is 2.85. The van der Waals surface area contributed by atoms with Crippen molar-refractivity contribution in [2.24, 2.45) is 5.92 Å². The molecule has 2 heteroatoms. The van der Waals surface area contributed by atoms with Crippen LogP contribution in [0.2, 0.25) is 0 Å². The summed E-state index contributed by atoms with van der Waals surface area (Å²) in [6.45, 7) is 4.61. The molecule has 0 saturated carbocycles. The Labute approximate surface area is 91.3 Å². The van der Waals surface area contributed by atoms with E-state index in [2.05, 4.69) is 12.1 Å². The molecule has 1 atom stereocenters. The fraction of sp³-hybridized carbons (Fsp3) is 0.462. The summed E-state index contributed by atoms with van der Waals surface area (Å²) in [6, 6.07) is 8.07. The van der Waals surface area contributed by atoms with Crippen LogP contribution in [0.25, 0.3) is 0 Å². The molecular weight excluding hydrogens is 188 g/mol. The highest BCUT2D eigenvalue weighted by atomic mass is 16.5. The molecule has 0 N–H and O–H groups in total. The summed E-state index contributed by atoms with van der Waals surface area (Å²) in [5, 5.41) is 0. The second-order valence-electron chi connectivity index (χ2n) is 3.73. The molecule has 0 aliphatic heterocycles. The average molecular weight is 206 g/mol. The van der Waals surface area contributed by atoms with Gasteiger partial charge >= 0.3 is 0 Å². The Morgan fingerprint density at radius 3 is 2.53 bits per heavy atom. The van der Waals surface area contributed by atoms with E-state index in [9.17, 15) is 4.79 Å². The van der Waals surface area contributed by atoms with Crippen molar-refractivity contribution in [3.05, 3.63) is 29.8 Å². The lowest BCUT2D eigenvalue weighted by Crippen LogP contribution is -1.98. The molecule has 0 aromatic heterocycles. The third kappa shape index (κ3) is 4.15. The van der Waals surface area contributed by atoms with Gasteiger partial charge in [0.25, 0.3) is 0 Å². The molecule has 82 valence electrons. The average Bonchev–Trinajstić information content (AvgIpc) is 2.28. The van der Waals surface area contributed by atoms with E-state index in [-0.39, 0.29) is 5.92 Å². The second kappa shape index (κ2) is 6.23. The van der Waals surface area contributed by atoms with E-state index in [4.69, 9.17) is 4.74 Å². The first kappa shape index (κ1) is 11.8. The summed E-state index contributed by atoms with van der Waals surface area (Å²) in [7, 11) is 0. The highest BCUT2D eigenvalue weighted by Crippen LogP contribution is 2.14. The summed E-state index contributed by atoms with van der Waals surface area (Å²) < 4.78 is 5.35. The van der Waals surface area contributed by atoms with Crippen LogP contribution < -0.4 is 4.74 Å². The minimum Gasteiger partial charge on any atom is -0.494 e. The van der Waals surface area contributed by atoms with Gasteiger partial charge in [-0.2, -0.15) is 0 Å². The zero-order chi connectivity index (χ0) is 11.1. The first-order valence-corrected chi connectivity index (χ1v) is 5.43. The highest BCUT2D eigenvalue weighted by molar-refractivity contribution is 5.52. The molecule has 0 saturated heterocycles. The number of carbonyl (C=O) groups excluding carboxylic acids is 1. The Kier molecular flexibility index (Phi) is 4.88. The summed E-state index contributed by atoms with van der Waals surface area (Å²) in [5.74, 6) is 1.06. The third-order valence-corrected chi connectivity index (χ3v) is 2.36. The zero-order valence-corrected chi connectivity index (χ0v) is 9.40. The number of hydrogen-bond donors (Lipinski definition) is 0. The van der Waals surface area contributed by atoms with E-state index in [1.807, 2.05) is 26.0 Å². The molecule has 0 fully saturated rings. The van der Waals surface area contributed by atoms with Crippen LogP contribution in [0.5, 0.6) is 5.75 Å². The lowest BCUT2D eigenvalue weighted by molar-refractivity contribution is -0.110. The van der Waals surface area contributed by atoms with Crippen LogP contribution >= 0.6 is 0 Å². The number of carbonyl (C=O) groups is 1. The fourth-order valence-corrected chi connectivity index (χ4v) is 1.38. The van der Waals surface area contributed by atoms with E-state index in [0.717, 1.165) is 24.9 Å². The Hall–Kier alpha value is -1.31. The van der Waals surface area contributed by atoms with Crippen LogP contribution in [0.3, 0.4) is 0 Å². The van der Waals surface area contributed by atoms with Crippen LogP contribution in [-0.2, 0) is 11.2 Å². The molecule has 0 bridgehead atoms. The molecule has 1 aromatic carbocycles. The summed E-state index contributed by atoms with van der Waals surface area (Å²) >= 11 is 0. The molecule has 0 aliphatic rings. The van der Waals surface area contributed by atoms with Crippen molar-refractivity contribution in [2.75, 3.05) is 6.61 Å². The van der Waals surface area contributed by atoms with E-state index in [1.54, 1.807) is 0 Å². The molecule has 0 amide bonds. The minimum atomic E-state index is 0.150. The van der Waals surface area contributed by atoms with Crippen LogP contribution in [-0.4, -0.2) is 12.9 Å². The standard InChI is InChI=1S/C13H18O2/c1-3-15-13-8-6-12(7-9-13)5-4-11(2)10-14/h6-11H,3-5H2,1-2H3/t11-/m0/s1. The lowest BCUT2D eigenvalue weighted by Gasteiger charge is -2.06. The van der Waals surface area contributed by atoms with E-state index < -0.39 is 0 Å². The van der Waals surface area contributed by atoms with Crippen LogP contribution in [0, 0.1) is 5.92 Å². The second-order valence-corrected chi connectivity index (χ2v) is 3.73. The molecule has 0 aliphatic carbocycles. The largest absolute Gasteiger partial charge is 0.494 e. The Balaban J connectivity index is 2.45. The van der Waals surface area contributed by atoms with E-state index in [1.165, 1.54) is 5.56 Å². The quantitative estimate of drug-likeness (QED) is 0.669. The van der Waals surface area contributed by atoms with Gasteiger partial charge < -0.3 is 9.53 Å². The molecule has 1 rings (SSSR count). The van der Waals surface area contributed by atoms with Gasteiger partial charge in [-0.05, 0) is 37.5 Å². The maximum atomic E-state index is 10.4. The SMILES string of the molecule is CCOc1ccc(CC[C@H](C)C=O)cc1. The Morgan fingerprint density at radius 2 is 2.00 bits per heavy atom. The van der Waals surface area contributed by atoms with Gasteiger partial charge in [0.15, 0.2) is 0 Å². The van der Waals surface area contributed by atoms with Gasteiger partial charge in [0, 0.05) is 5.92 Å². The highest BCUT2D eigenvalue weighted by Gasteiger charge is 2.00. The molecular formula is C13H18O2. The van der Waals surface area contributed by atoms with Gasteiger partial charge in [0.05, 0.1) is 6.61 Å². The normalized spacial score (nSPS) is 12.1. The maximum Gasteiger partial charge on any atom is 0.122 e. The molecule has 0 heterocycles. The van der Waals surface area contributed by atoms with Gasteiger partial charge in [-0.25, -0.2) is 0 Å². The van der Waals surface area contributed by atoms with Gasteiger partial charge in [0.1, 0.15) is 12.0 Å². The van der Waals surface area contributed by atoms with Gasteiger partial charge in [-0.15, -0.1) is 0 Å². The van der Waals surface area contributed by atoms with Crippen molar-refractivity contribution in [2.45, 2.75) is 26.7 Å². The predicted molar refractivity (Wildman–Crippen MR) is 61.2 cm³/mol. The van der Waals surface area contributed by atoms with Crippen LogP contribution in [0.4, 0.5) is 0 Å². The van der Waals surface area contributed by atoms with Crippen molar-refractivity contribution in [3.63, 3.8) is 0 Å². The Morgan fingerprint density at radius 1 is 1.33 bits per heavy atom. The first-order valence-electron chi connectivity index (χ1n) is 5.43. The fourth-order valence-electron chi connectivity index (χ4n) is 1.38. The summed E-state index contributed by atoms with van der Waals surface area (Å²) in [6.07, 6.45) is 2.87. The van der Waals surface area contributed by atoms with Crippen molar-refractivity contribution in [1.82, 2.24) is 0 Å². The number of ether oxygens (including phenoxy) is 1. The van der Waals surface area contributed by atoms with E-state index >= 15 is 0 Å². The molecule has 1 aromatic rings. The smallest absolute Gasteiger partial charge is 0.122 e. The van der Waals surface area contributed by atoms with Gasteiger partial charge in [-0.1, -0.05) is 19.1 Å². The van der Waals surface area contributed by atoms with Crippen molar-refractivity contribution in [3.8, 4) is 5.75 Å². The zero-order valence-electron chi connectivity index (χ0n) is 9.40. The first-order chi connectivity index (χ1) is 7.26. The van der Waals surface area contributed by atoms with Crippen molar-refractivity contribution >= 4 is 6.29 Å². The number of aldehydes is 1. The number of rotatable bonds is 6. The minimum absolute atomic E-state index is 0.150. The maximum absolute atomic E-state index is 10.4. The molecule has 2 nitrogen and oxygen atoms in total. The molecule has 0 spiro atoms. The monoisotopic (exact) mass is 206 g/mol.